The van der Waals surface area contributed by atoms with Gasteiger partial charge in [0.1, 0.15) is 0 Å². The van der Waals surface area contributed by atoms with Crippen molar-refractivity contribution in [2.45, 2.75) is 19.6 Å². The molecule has 0 bridgehead atoms. The predicted octanol–water partition coefficient (Wildman–Crippen LogP) is 2.90. The second-order valence-electron chi connectivity index (χ2n) is 3.48. The number of allylic oxidation sites excluding steroid dienone is 1. The lowest BCUT2D eigenvalue weighted by Crippen LogP contribution is -2.13. The average Bonchev–Trinajstić information content (AvgIpc) is 2.23. The zero-order chi connectivity index (χ0) is 12.9. The number of nitrogens with one attached hydrogen (secondary N) is 1. The third kappa shape index (κ3) is 4.30. The molecule has 92 valence electrons. The number of ketones is 1. The molecular formula is C12H12F3NO. The fraction of sp³-hybridized carbons (Fsp3) is 0.250. The van der Waals surface area contributed by atoms with Crippen LogP contribution in [0, 0.1) is 0 Å². The molecule has 0 saturated carbocycles. The summed E-state index contributed by atoms with van der Waals surface area (Å²) in [4.78, 5) is 10.6. The van der Waals surface area contributed by atoms with Gasteiger partial charge in [-0.1, -0.05) is 18.2 Å². The summed E-state index contributed by atoms with van der Waals surface area (Å²) in [7, 11) is 0. The zero-order valence-corrected chi connectivity index (χ0v) is 9.21. The Balaban J connectivity index is 2.75. The zero-order valence-electron chi connectivity index (χ0n) is 9.21. The molecular weight excluding hydrogens is 231 g/mol. The van der Waals surface area contributed by atoms with Gasteiger partial charge >= 0.3 is 6.18 Å². The second kappa shape index (κ2) is 5.52. The van der Waals surface area contributed by atoms with Crippen LogP contribution >= 0.6 is 0 Å². The van der Waals surface area contributed by atoms with Crippen LogP contribution in [0.1, 0.15) is 18.1 Å². The lowest BCUT2D eigenvalue weighted by molar-refractivity contribution is -0.138. The van der Waals surface area contributed by atoms with Gasteiger partial charge in [0.2, 0.25) is 0 Å². The van der Waals surface area contributed by atoms with E-state index in [1.165, 1.54) is 31.3 Å². The molecule has 0 amide bonds. The van der Waals surface area contributed by atoms with Gasteiger partial charge in [-0.25, -0.2) is 0 Å². The van der Waals surface area contributed by atoms with Gasteiger partial charge in [-0.05, 0) is 24.6 Å². The first kappa shape index (κ1) is 13.3. The Bertz CT molecular complexity index is 424. The molecule has 0 saturated heterocycles. The molecule has 0 radical (unpaired) electrons. The first-order valence-corrected chi connectivity index (χ1v) is 4.97. The fourth-order valence-corrected chi connectivity index (χ4v) is 1.30. The van der Waals surface area contributed by atoms with Gasteiger partial charge in [0, 0.05) is 12.7 Å². The summed E-state index contributed by atoms with van der Waals surface area (Å²) in [6.45, 7) is 1.39. The van der Waals surface area contributed by atoms with Crippen LogP contribution in [0.25, 0.3) is 0 Å². The van der Waals surface area contributed by atoms with Crippen LogP contribution in [-0.4, -0.2) is 5.78 Å². The van der Waals surface area contributed by atoms with E-state index in [2.05, 4.69) is 5.32 Å². The van der Waals surface area contributed by atoms with Crippen LogP contribution in [0.5, 0.6) is 0 Å². The quantitative estimate of drug-likeness (QED) is 0.824. The molecule has 0 spiro atoms. The smallest absolute Gasteiger partial charge is 0.387 e. The van der Waals surface area contributed by atoms with Crippen molar-refractivity contribution in [1.29, 1.82) is 0 Å². The highest BCUT2D eigenvalue weighted by molar-refractivity contribution is 5.87. The van der Waals surface area contributed by atoms with E-state index in [0.29, 0.717) is 0 Å². The summed E-state index contributed by atoms with van der Waals surface area (Å²) < 4.78 is 37.8. The minimum atomic E-state index is -4.36. The minimum absolute atomic E-state index is 0.0272. The van der Waals surface area contributed by atoms with Crippen molar-refractivity contribution in [2.24, 2.45) is 0 Å². The van der Waals surface area contributed by atoms with Crippen LogP contribution in [0.4, 0.5) is 13.2 Å². The average molecular weight is 243 g/mol. The molecule has 0 heterocycles. The number of rotatable bonds is 4. The van der Waals surface area contributed by atoms with E-state index in [9.17, 15) is 18.0 Å². The topological polar surface area (TPSA) is 29.1 Å². The van der Waals surface area contributed by atoms with Gasteiger partial charge in [0.15, 0.2) is 5.78 Å². The monoisotopic (exact) mass is 243 g/mol. The van der Waals surface area contributed by atoms with Gasteiger partial charge in [-0.3, -0.25) is 4.79 Å². The molecule has 0 aliphatic carbocycles. The first-order valence-electron chi connectivity index (χ1n) is 4.97. The predicted molar refractivity (Wildman–Crippen MR) is 58.1 cm³/mol. The third-order valence-electron chi connectivity index (χ3n) is 2.05. The van der Waals surface area contributed by atoms with E-state index < -0.39 is 11.7 Å². The molecule has 0 aromatic heterocycles. The van der Waals surface area contributed by atoms with Crippen molar-refractivity contribution in [3.63, 3.8) is 0 Å². The Morgan fingerprint density at radius 1 is 1.35 bits per heavy atom. The second-order valence-corrected chi connectivity index (χ2v) is 3.48. The molecule has 17 heavy (non-hydrogen) atoms. The van der Waals surface area contributed by atoms with Crippen molar-refractivity contribution in [3.05, 3.63) is 47.7 Å². The number of alkyl halides is 3. The molecule has 0 atom stereocenters. The Labute approximate surface area is 97.1 Å². The minimum Gasteiger partial charge on any atom is -0.387 e. The summed E-state index contributed by atoms with van der Waals surface area (Å²) in [5, 5.41) is 2.64. The summed E-state index contributed by atoms with van der Waals surface area (Å²) in [6, 6.07) is 5.32. The van der Waals surface area contributed by atoms with E-state index in [-0.39, 0.29) is 17.9 Å². The van der Waals surface area contributed by atoms with Crippen LogP contribution < -0.4 is 5.32 Å². The maximum absolute atomic E-state index is 12.6. The molecule has 5 heteroatoms. The van der Waals surface area contributed by atoms with Crippen molar-refractivity contribution >= 4 is 5.78 Å². The lowest BCUT2D eigenvalue weighted by Gasteiger charge is -2.12. The maximum atomic E-state index is 12.6. The molecule has 1 aromatic carbocycles. The molecule has 0 unspecified atom stereocenters. The lowest BCUT2D eigenvalue weighted by atomic mass is 10.1. The Morgan fingerprint density at radius 3 is 2.59 bits per heavy atom. The highest BCUT2D eigenvalue weighted by Crippen LogP contribution is 2.31. The van der Waals surface area contributed by atoms with Gasteiger partial charge in [0.25, 0.3) is 0 Å². The number of carbonyl (C=O) groups is 1. The van der Waals surface area contributed by atoms with E-state index in [1.54, 1.807) is 6.07 Å². The Hall–Kier alpha value is -1.78. The Kier molecular flexibility index (Phi) is 4.31. The largest absolute Gasteiger partial charge is 0.416 e. The maximum Gasteiger partial charge on any atom is 0.416 e. The summed E-state index contributed by atoms with van der Waals surface area (Å²) in [5.41, 5.74) is -0.517. The number of hydrogen-bond acceptors (Lipinski definition) is 2. The fourth-order valence-electron chi connectivity index (χ4n) is 1.30. The molecule has 1 aromatic rings. The van der Waals surface area contributed by atoms with Gasteiger partial charge in [-0.2, -0.15) is 13.2 Å². The number of carbonyl (C=O) groups excluding carboxylic acids is 1. The van der Waals surface area contributed by atoms with Crippen LogP contribution in [0.2, 0.25) is 0 Å². The van der Waals surface area contributed by atoms with E-state index in [4.69, 9.17) is 0 Å². The van der Waals surface area contributed by atoms with Gasteiger partial charge < -0.3 is 5.32 Å². The normalized spacial score (nSPS) is 11.8. The van der Waals surface area contributed by atoms with E-state index >= 15 is 0 Å². The van der Waals surface area contributed by atoms with Crippen molar-refractivity contribution in [3.8, 4) is 0 Å². The standard InChI is InChI=1S/C12H12F3NO/c1-9(17)6-7-16-8-10-4-2-3-5-11(10)12(13,14)15/h2-7,16H,8H2,1H3. The van der Waals surface area contributed by atoms with Crippen LogP contribution in [0.15, 0.2) is 36.5 Å². The van der Waals surface area contributed by atoms with Crippen molar-refractivity contribution in [2.75, 3.05) is 0 Å². The van der Waals surface area contributed by atoms with E-state index in [1.807, 2.05) is 0 Å². The number of hydrogen-bond donors (Lipinski definition) is 1. The van der Waals surface area contributed by atoms with Gasteiger partial charge in [-0.15, -0.1) is 0 Å². The molecule has 1 N–H and O–H groups in total. The highest BCUT2D eigenvalue weighted by Gasteiger charge is 2.32. The van der Waals surface area contributed by atoms with Crippen LogP contribution in [-0.2, 0) is 17.5 Å². The third-order valence-corrected chi connectivity index (χ3v) is 2.05. The summed E-state index contributed by atoms with van der Waals surface area (Å²) >= 11 is 0. The molecule has 0 fully saturated rings. The van der Waals surface area contributed by atoms with Crippen molar-refractivity contribution in [1.82, 2.24) is 5.32 Å². The molecule has 0 aliphatic heterocycles. The number of benzene rings is 1. The summed E-state index contributed by atoms with van der Waals surface area (Å²) in [5.74, 6) is -0.165. The van der Waals surface area contributed by atoms with Crippen molar-refractivity contribution < 1.29 is 18.0 Å². The molecule has 2 nitrogen and oxygen atoms in total. The Morgan fingerprint density at radius 2 is 2.00 bits per heavy atom. The highest BCUT2D eigenvalue weighted by atomic mass is 19.4. The van der Waals surface area contributed by atoms with Crippen LogP contribution in [0.3, 0.4) is 0 Å². The number of halogens is 3. The molecule has 1 rings (SSSR count). The summed E-state index contributed by atoms with van der Waals surface area (Å²) in [6.07, 6.45) is -1.76. The first-order chi connectivity index (χ1) is 7.91. The van der Waals surface area contributed by atoms with Gasteiger partial charge in [0.05, 0.1) is 5.56 Å². The van der Waals surface area contributed by atoms with E-state index in [0.717, 1.165) is 6.07 Å². The molecule has 0 aliphatic rings. The SMILES string of the molecule is CC(=O)C=CNCc1ccccc1C(F)(F)F.